The molecule has 0 aliphatic heterocycles. The number of esters is 1. The summed E-state index contributed by atoms with van der Waals surface area (Å²) in [6.45, 7) is 3.40. The number of benzene rings is 1. The van der Waals surface area contributed by atoms with Gasteiger partial charge >= 0.3 is 5.97 Å². The van der Waals surface area contributed by atoms with Crippen LogP contribution < -0.4 is 0 Å². The number of carbonyl (C=O) groups is 2. The maximum atomic E-state index is 11.5. The fraction of sp³-hybridized carbons (Fsp3) is 0.273. The van der Waals surface area contributed by atoms with E-state index in [0.717, 1.165) is 4.47 Å². The zero-order valence-corrected chi connectivity index (χ0v) is 10.1. The Kier molecular flexibility index (Phi) is 4.03. The molecule has 0 atom stereocenters. The van der Waals surface area contributed by atoms with Crippen LogP contribution in [0.3, 0.4) is 0 Å². The van der Waals surface area contributed by atoms with Crippen molar-refractivity contribution in [2.24, 2.45) is 0 Å². The van der Waals surface area contributed by atoms with E-state index in [0.29, 0.717) is 5.56 Å². The van der Waals surface area contributed by atoms with Gasteiger partial charge in [-0.3, -0.25) is 4.79 Å². The van der Waals surface area contributed by atoms with Gasteiger partial charge in [0, 0.05) is 10.0 Å². The third kappa shape index (κ3) is 3.47. The molecule has 0 aliphatic carbocycles. The first-order chi connectivity index (χ1) is 7.00. The van der Waals surface area contributed by atoms with Crippen LogP contribution in [0, 0.1) is 0 Å². The minimum Gasteiger partial charge on any atom is -0.457 e. The molecule has 15 heavy (non-hydrogen) atoms. The van der Waals surface area contributed by atoms with Gasteiger partial charge in [0.1, 0.15) is 0 Å². The first-order valence-electron chi connectivity index (χ1n) is 4.51. The first kappa shape index (κ1) is 11.9. The van der Waals surface area contributed by atoms with Gasteiger partial charge in [-0.1, -0.05) is 15.9 Å². The van der Waals surface area contributed by atoms with Crippen molar-refractivity contribution < 1.29 is 14.3 Å². The third-order valence-electron chi connectivity index (χ3n) is 1.63. The lowest BCUT2D eigenvalue weighted by atomic mass is 10.1. The summed E-state index contributed by atoms with van der Waals surface area (Å²) in [5.41, 5.74) is 0.337. The van der Waals surface area contributed by atoms with Crippen molar-refractivity contribution in [2.75, 3.05) is 0 Å². The maximum Gasteiger partial charge on any atom is 0.379 e. The monoisotopic (exact) mass is 270 g/mol. The van der Waals surface area contributed by atoms with Crippen molar-refractivity contribution in [1.82, 2.24) is 0 Å². The molecule has 0 spiro atoms. The molecular weight excluding hydrogens is 260 g/mol. The summed E-state index contributed by atoms with van der Waals surface area (Å²) in [7, 11) is 0. The number of Topliss-reactive ketones (excluding diaryl/α,β-unsaturated/α-hetero) is 1. The van der Waals surface area contributed by atoms with E-state index in [4.69, 9.17) is 4.74 Å². The molecule has 1 aromatic rings. The third-order valence-corrected chi connectivity index (χ3v) is 2.16. The van der Waals surface area contributed by atoms with E-state index in [1.54, 1.807) is 38.1 Å². The van der Waals surface area contributed by atoms with E-state index in [9.17, 15) is 9.59 Å². The fourth-order valence-corrected chi connectivity index (χ4v) is 1.25. The standard InChI is InChI=1S/C11H11BrO3/c1-7(2)15-11(14)10(13)8-3-5-9(12)6-4-8/h3-7H,1-2H3. The van der Waals surface area contributed by atoms with E-state index in [2.05, 4.69) is 15.9 Å². The first-order valence-corrected chi connectivity index (χ1v) is 5.31. The lowest BCUT2D eigenvalue weighted by Crippen LogP contribution is -2.21. The molecule has 0 fully saturated rings. The Morgan fingerprint density at radius 1 is 1.20 bits per heavy atom. The van der Waals surface area contributed by atoms with Gasteiger partial charge in [-0.2, -0.15) is 0 Å². The molecule has 0 radical (unpaired) electrons. The van der Waals surface area contributed by atoms with Crippen molar-refractivity contribution in [3.63, 3.8) is 0 Å². The smallest absolute Gasteiger partial charge is 0.379 e. The van der Waals surface area contributed by atoms with Crippen LogP contribution in [0.25, 0.3) is 0 Å². The molecule has 4 heteroatoms. The number of carbonyl (C=O) groups excluding carboxylic acids is 2. The molecule has 0 saturated carbocycles. The van der Waals surface area contributed by atoms with Gasteiger partial charge in [0.05, 0.1) is 6.10 Å². The van der Waals surface area contributed by atoms with Crippen molar-refractivity contribution in [3.05, 3.63) is 34.3 Å². The molecule has 0 aromatic heterocycles. The predicted octanol–water partition coefficient (Wildman–Crippen LogP) is 2.58. The molecular formula is C11H11BrO3. The lowest BCUT2D eigenvalue weighted by molar-refractivity contribution is -0.141. The number of rotatable bonds is 3. The highest BCUT2D eigenvalue weighted by molar-refractivity contribution is 9.10. The Bertz CT molecular complexity index is 368. The van der Waals surface area contributed by atoms with Gasteiger partial charge in [-0.15, -0.1) is 0 Å². The Morgan fingerprint density at radius 2 is 1.73 bits per heavy atom. The minimum atomic E-state index is -0.813. The molecule has 3 nitrogen and oxygen atoms in total. The largest absolute Gasteiger partial charge is 0.457 e. The second-order valence-corrected chi connectivity index (χ2v) is 4.21. The highest BCUT2D eigenvalue weighted by Gasteiger charge is 2.18. The van der Waals surface area contributed by atoms with Gasteiger partial charge < -0.3 is 4.74 Å². The summed E-state index contributed by atoms with van der Waals surface area (Å²) in [6.07, 6.45) is -0.281. The zero-order valence-electron chi connectivity index (χ0n) is 8.49. The summed E-state index contributed by atoms with van der Waals surface area (Å²) in [5, 5.41) is 0. The molecule has 0 N–H and O–H groups in total. The molecule has 0 unspecified atom stereocenters. The SMILES string of the molecule is CC(C)OC(=O)C(=O)c1ccc(Br)cc1. The highest BCUT2D eigenvalue weighted by atomic mass is 79.9. The summed E-state index contributed by atoms with van der Waals surface area (Å²) in [6, 6.07) is 6.56. The second kappa shape index (κ2) is 5.07. The van der Waals surface area contributed by atoms with Crippen molar-refractivity contribution >= 4 is 27.7 Å². The van der Waals surface area contributed by atoms with E-state index >= 15 is 0 Å². The summed E-state index contributed by atoms with van der Waals surface area (Å²) in [4.78, 5) is 22.8. The van der Waals surface area contributed by atoms with E-state index < -0.39 is 11.8 Å². The predicted molar refractivity (Wildman–Crippen MR) is 59.7 cm³/mol. The average molecular weight is 271 g/mol. The molecule has 0 amide bonds. The summed E-state index contributed by atoms with van der Waals surface area (Å²) < 4.78 is 5.65. The lowest BCUT2D eigenvalue weighted by Gasteiger charge is -2.06. The van der Waals surface area contributed by atoms with Crippen molar-refractivity contribution in [3.8, 4) is 0 Å². The topological polar surface area (TPSA) is 43.4 Å². The van der Waals surface area contributed by atoms with Crippen molar-refractivity contribution in [1.29, 1.82) is 0 Å². The van der Waals surface area contributed by atoms with Gasteiger partial charge in [0.15, 0.2) is 0 Å². The number of halogens is 1. The van der Waals surface area contributed by atoms with Crippen LogP contribution in [0.2, 0.25) is 0 Å². The number of ether oxygens (including phenoxy) is 1. The van der Waals surface area contributed by atoms with Gasteiger partial charge in [-0.05, 0) is 38.1 Å². The summed E-state index contributed by atoms with van der Waals surface area (Å²) >= 11 is 3.24. The molecule has 1 aromatic carbocycles. The Labute approximate surface area is 96.6 Å². The normalized spacial score (nSPS) is 10.1. The fourth-order valence-electron chi connectivity index (χ4n) is 0.987. The number of ketones is 1. The van der Waals surface area contributed by atoms with Crippen LogP contribution in [0.5, 0.6) is 0 Å². The Hall–Kier alpha value is -1.16. The van der Waals surface area contributed by atoms with Crippen LogP contribution in [0.15, 0.2) is 28.7 Å². The van der Waals surface area contributed by atoms with Crippen molar-refractivity contribution in [2.45, 2.75) is 20.0 Å². The van der Waals surface area contributed by atoms with Gasteiger partial charge in [-0.25, -0.2) is 4.79 Å². The molecule has 0 bridgehead atoms. The van der Waals surface area contributed by atoms with Gasteiger partial charge in [0.25, 0.3) is 5.78 Å². The quantitative estimate of drug-likeness (QED) is 0.482. The second-order valence-electron chi connectivity index (χ2n) is 3.29. The minimum absolute atomic E-state index is 0.281. The number of hydrogen-bond donors (Lipinski definition) is 0. The number of hydrogen-bond acceptors (Lipinski definition) is 3. The van der Waals surface area contributed by atoms with Crippen LogP contribution in [-0.2, 0) is 9.53 Å². The van der Waals surface area contributed by atoms with Crippen LogP contribution in [-0.4, -0.2) is 17.9 Å². The summed E-state index contributed by atoms with van der Waals surface area (Å²) in [5.74, 6) is -1.43. The Morgan fingerprint density at radius 3 is 2.20 bits per heavy atom. The molecule has 0 heterocycles. The highest BCUT2D eigenvalue weighted by Crippen LogP contribution is 2.11. The molecule has 80 valence electrons. The van der Waals surface area contributed by atoms with E-state index in [-0.39, 0.29) is 6.10 Å². The van der Waals surface area contributed by atoms with E-state index in [1.165, 1.54) is 0 Å². The molecule has 0 aliphatic rings. The molecule has 1 rings (SSSR count). The zero-order chi connectivity index (χ0) is 11.4. The van der Waals surface area contributed by atoms with Gasteiger partial charge in [0.2, 0.25) is 0 Å². The maximum absolute atomic E-state index is 11.5. The van der Waals surface area contributed by atoms with E-state index in [1.807, 2.05) is 0 Å². The Balaban J connectivity index is 2.76. The molecule has 0 saturated heterocycles. The van der Waals surface area contributed by atoms with Crippen LogP contribution in [0.1, 0.15) is 24.2 Å². The van der Waals surface area contributed by atoms with Crippen LogP contribution >= 0.6 is 15.9 Å². The average Bonchev–Trinajstić information content (AvgIpc) is 2.17. The van der Waals surface area contributed by atoms with Crippen LogP contribution in [0.4, 0.5) is 0 Å².